The highest BCUT2D eigenvalue weighted by Gasteiger charge is 2.29. The normalized spacial score (nSPS) is 12.2. The van der Waals surface area contributed by atoms with Crippen LogP contribution >= 0.6 is 0 Å². The first-order valence-corrected chi connectivity index (χ1v) is 7.48. The second-order valence-corrected chi connectivity index (χ2v) is 6.00. The minimum Gasteiger partial charge on any atom is -0.482 e. The molecule has 0 radical (unpaired) electrons. The number of H-pyrrole nitrogens is 1. The SMILES string of the molecule is Cc1ccc(NS(=O)(=O)c2ncc[nH]2)c(OCC(F)(F)F)c1. The van der Waals surface area contributed by atoms with Gasteiger partial charge >= 0.3 is 6.18 Å². The van der Waals surface area contributed by atoms with E-state index in [9.17, 15) is 21.6 Å². The molecule has 0 aliphatic carbocycles. The Bertz CT molecular complexity index is 743. The van der Waals surface area contributed by atoms with Gasteiger partial charge in [0.25, 0.3) is 10.0 Å². The number of rotatable bonds is 5. The first-order chi connectivity index (χ1) is 10.2. The Morgan fingerprint density at radius 1 is 1.36 bits per heavy atom. The first-order valence-electron chi connectivity index (χ1n) is 6.00. The third-order valence-corrected chi connectivity index (χ3v) is 3.72. The molecule has 6 nitrogen and oxygen atoms in total. The van der Waals surface area contributed by atoms with Crippen molar-refractivity contribution in [3.63, 3.8) is 0 Å². The van der Waals surface area contributed by atoms with Gasteiger partial charge in [-0.1, -0.05) is 6.07 Å². The predicted molar refractivity (Wildman–Crippen MR) is 72.1 cm³/mol. The number of imidazole rings is 1. The van der Waals surface area contributed by atoms with Gasteiger partial charge in [0.15, 0.2) is 6.61 Å². The molecule has 0 aliphatic rings. The maximum absolute atomic E-state index is 12.3. The molecule has 0 saturated carbocycles. The zero-order valence-corrected chi connectivity index (χ0v) is 12.1. The number of halogens is 3. The Morgan fingerprint density at radius 3 is 2.68 bits per heavy atom. The van der Waals surface area contributed by atoms with E-state index in [1.807, 2.05) is 0 Å². The lowest BCUT2D eigenvalue weighted by Gasteiger charge is -2.14. The third-order valence-electron chi connectivity index (χ3n) is 2.50. The van der Waals surface area contributed by atoms with E-state index >= 15 is 0 Å². The molecule has 0 amide bonds. The molecule has 0 saturated heterocycles. The molecular formula is C12H12F3N3O3S. The van der Waals surface area contributed by atoms with E-state index < -0.39 is 22.8 Å². The molecule has 1 aromatic carbocycles. The summed E-state index contributed by atoms with van der Waals surface area (Å²) in [5, 5.41) is -0.352. The number of benzene rings is 1. The van der Waals surface area contributed by atoms with Gasteiger partial charge in [0.05, 0.1) is 5.69 Å². The van der Waals surface area contributed by atoms with Crippen LogP contribution in [0, 0.1) is 6.92 Å². The number of aromatic nitrogens is 2. The van der Waals surface area contributed by atoms with E-state index in [0.29, 0.717) is 5.56 Å². The molecule has 0 aliphatic heterocycles. The van der Waals surface area contributed by atoms with Crippen LogP contribution in [0.5, 0.6) is 5.75 Å². The molecule has 0 fully saturated rings. The van der Waals surface area contributed by atoms with Gasteiger partial charge in [-0.3, -0.25) is 4.72 Å². The minimum absolute atomic E-state index is 0.105. The summed E-state index contributed by atoms with van der Waals surface area (Å²) in [6.45, 7) is 0.122. The fraction of sp³-hybridized carbons (Fsp3) is 0.250. The maximum Gasteiger partial charge on any atom is 0.422 e. The van der Waals surface area contributed by atoms with E-state index in [2.05, 4.69) is 19.4 Å². The lowest BCUT2D eigenvalue weighted by molar-refractivity contribution is -0.153. The number of hydrogen-bond donors (Lipinski definition) is 2. The van der Waals surface area contributed by atoms with Crippen LogP contribution < -0.4 is 9.46 Å². The van der Waals surface area contributed by atoms with E-state index in [0.717, 1.165) is 0 Å². The summed E-state index contributed by atoms with van der Waals surface area (Å²) in [4.78, 5) is 5.99. The largest absolute Gasteiger partial charge is 0.482 e. The van der Waals surface area contributed by atoms with Gasteiger partial charge < -0.3 is 9.72 Å². The molecule has 0 bridgehead atoms. The quantitative estimate of drug-likeness (QED) is 0.879. The highest BCUT2D eigenvalue weighted by Crippen LogP contribution is 2.29. The molecule has 120 valence electrons. The summed E-state index contributed by atoms with van der Waals surface area (Å²) in [5.41, 5.74) is 0.518. The Morgan fingerprint density at radius 2 is 2.09 bits per heavy atom. The van der Waals surface area contributed by atoms with Crippen molar-refractivity contribution in [3.8, 4) is 5.75 Å². The van der Waals surface area contributed by atoms with E-state index in [-0.39, 0.29) is 16.6 Å². The number of anilines is 1. The van der Waals surface area contributed by atoms with Gasteiger partial charge in [-0.05, 0) is 24.6 Å². The van der Waals surface area contributed by atoms with E-state index in [4.69, 9.17) is 0 Å². The van der Waals surface area contributed by atoms with Crippen molar-refractivity contribution >= 4 is 15.7 Å². The smallest absolute Gasteiger partial charge is 0.422 e. The van der Waals surface area contributed by atoms with Crippen LogP contribution in [-0.4, -0.2) is 31.2 Å². The van der Waals surface area contributed by atoms with Crippen molar-refractivity contribution < 1.29 is 26.3 Å². The van der Waals surface area contributed by atoms with Crippen molar-refractivity contribution in [3.05, 3.63) is 36.2 Å². The Kier molecular flexibility index (Phi) is 4.31. The molecule has 0 unspecified atom stereocenters. The van der Waals surface area contributed by atoms with Crippen LogP contribution in [0.25, 0.3) is 0 Å². The Hall–Kier alpha value is -2.23. The van der Waals surface area contributed by atoms with Crippen LogP contribution in [0.3, 0.4) is 0 Å². The summed E-state index contributed by atoms with van der Waals surface area (Å²) in [6, 6.07) is 4.17. The van der Waals surface area contributed by atoms with Crippen LogP contribution in [0.1, 0.15) is 5.56 Å². The molecule has 10 heteroatoms. The first kappa shape index (κ1) is 16.1. The molecule has 2 rings (SSSR count). The zero-order valence-electron chi connectivity index (χ0n) is 11.3. The van der Waals surface area contributed by atoms with Crippen LogP contribution in [-0.2, 0) is 10.0 Å². The van der Waals surface area contributed by atoms with Gasteiger partial charge in [0.2, 0.25) is 5.16 Å². The highest BCUT2D eigenvalue weighted by atomic mass is 32.2. The number of aromatic amines is 1. The lowest BCUT2D eigenvalue weighted by Crippen LogP contribution is -2.21. The van der Waals surface area contributed by atoms with Crippen molar-refractivity contribution in [2.75, 3.05) is 11.3 Å². The van der Waals surface area contributed by atoms with Gasteiger partial charge in [0, 0.05) is 12.4 Å². The fourth-order valence-corrected chi connectivity index (χ4v) is 2.56. The average Bonchev–Trinajstić information content (AvgIpc) is 2.92. The van der Waals surface area contributed by atoms with Crippen molar-refractivity contribution in [1.29, 1.82) is 0 Å². The molecule has 2 aromatic rings. The Balaban J connectivity index is 2.27. The topological polar surface area (TPSA) is 84.1 Å². The second-order valence-electron chi connectivity index (χ2n) is 4.40. The number of alkyl halides is 3. The third kappa shape index (κ3) is 4.13. The standard InChI is InChI=1S/C12H12F3N3O3S/c1-8-2-3-9(10(6-8)21-7-12(13,14)15)18-22(19,20)11-16-4-5-17-11/h2-6,18H,7H2,1H3,(H,16,17). The van der Waals surface area contributed by atoms with Gasteiger partial charge in [-0.2, -0.15) is 21.6 Å². The van der Waals surface area contributed by atoms with Crippen LogP contribution in [0.2, 0.25) is 0 Å². The molecule has 22 heavy (non-hydrogen) atoms. The molecule has 1 heterocycles. The van der Waals surface area contributed by atoms with Crippen molar-refractivity contribution in [2.24, 2.45) is 0 Å². The molecule has 0 atom stereocenters. The van der Waals surface area contributed by atoms with Gasteiger partial charge in [-0.15, -0.1) is 0 Å². The number of hydrogen-bond acceptors (Lipinski definition) is 4. The maximum atomic E-state index is 12.3. The summed E-state index contributed by atoms with van der Waals surface area (Å²) in [6.07, 6.45) is -1.98. The number of sulfonamides is 1. The highest BCUT2D eigenvalue weighted by molar-refractivity contribution is 7.92. The lowest BCUT2D eigenvalue weighted by atomic mass is 10.2. The summed E-state index contributed by atoms with van der Waals surface area (Å²) < 4.78 is 67.6. The van der Waals surface area contributed by atoms with Crippen LogP contribution in [0.15, 0.2) is 35.7 Å². The molecule has 2 N–H and O–H groups in total. The summed E-state index contributed by atoms with van der Waals surface area (Å²) >= 11 is 0. The van der Waals surface area contributed by atoms with Crippen LogP contribution in [0.4, 0.5) is 18.9 Å². The zero-order chi connectivity index (χ0) is 16.4. The van der Waals surface area contributed by atoms with E-state index in [1.54, 1.807) is 13.0 Å². The van der Waals surface area contributed by atoms with Gasteiger partial charge in [0.1, 0.15) is 5.75 Å². The van der Waals surface area contributed by atoms with E-state index in [1.165, 1.54) is 24.5 Å². The molecular weight excluding hydrogens is 323 g/mol. The molecule has 0 spiro atoms. The van der Waals surface area contributed by atoms with Crippen molar-refractivity contribution in [2.45, 2.75) is 18.3 Å². The monoisotopic (exact) mass is 335 g/mol. The summed E-state index contributed by atoms with van der Waals surface area (Å²) in [5.74, 6) is -0.215. The summed E-state index contributed by atoms with van der Waals surface area (Å²) in [7, 11) is -4.04. The number of nitrogens with zero attached hydrogens (tertiary/aromatic N) is 1. The predicted octanol–water partition coefficient (Wildman–Crippen LogP) is 2.46. The fourth-order valence-electron chi connectivity index (χ4n) is 1.58. The number of ether oxygens (including phenoxy) is 1. The minimum atomic E-state index is -4.53. The molecule has 1 aromatic heterocycles. The number of nitrogens with one attached hydrogen (secondary N) is 2. The van der Waals surface area contributed by atoms with Gasteiger partial charge in [-0.25, -0.2) is 4.98 Å². The Labute approximate surface area is 124 Å². The number of aryl methyl sites for hydroxylation is 1. The van der Waals surface area contributed by atoms with Crippen molar-refractivity contribution in [1.82, 2.24) is 9.97 Å². The average molecular weight is 335 g/mol. The second kappa shape index (κ2) is 5.87.